The van der Waals surface area contributed by atoms with Gasteiger partial charge in [-0.15, -0.1) is 0 Å². The minimum absolute atomic E-state index is 0.0413. The molecule has 3 aromatic carbocycles. The molecule has 1 fully saturated rings. The zero-order chi connectivity index (χ0) is 29.6. The number of amides is 2. The molecule has 4 aromatic rings. The zero-order valence-electron chi connectivity index (χ0n) is 24.3. The quantitative estimate of drug-likeness (QED) is 0.224. The average molecular weight is 568 g/mol. The lowest BCUT2D eigenvalue weighted by Gasteiger charge is -2.34. The summed E-state index contributed by atoms with van der Waals surface area (Å²) in [7, 11) is 3.09. The van der Waals surface area contributed by atoms with Gasteiger partial charge in [0.2, 0.25) is 11.8 Å². The molecule has 1 heterocycles. The Labute approximate surface area is 246 Å². The number of anilines is 1. The topological polar surface area (TPSA) is 101 Å². The summed E-state index contributed by atoms with van der Waals surface area (Å²) in [5.41, 5.74) is 3.40. The molecule has 0 spiro atoms. The van der Waals surface area contributed by atoms with E-state index in [-0.39, 0.29) is 30.1 Å². The van der Waals surface area contributed by atoms with Crippen LogP contribution in [-0.2, 0) is 16.0 Å². The van der Waals surface area contributed by atoms with Gasteiger partial charge in [-0.05, 0) is 73.4 Å². The van der Waals surface area contributed by atoms with Gasteiger partial charge >= 0.3 is 0 Å². The number of nitrogens with zero attached hydrogens (tertiary/aromatic N) is 1. The number of ketones is 1. The SMILES string of the molecule is COc1ccc(C(C(=O)NC2CCCCC2)N(C(=O)Cc2c[nH]c3ccccc23)c2ccc(C(C)=O)cc2)cc1OC. The van der Waals surface area contributed by atoms with Gasteiger partial charge < -0.3 is 19.8 Å². The van der Waals surface area contributed by atoms with Crippen LogP contribution in [0.1, 0.15) is 66.6 Å². The molecule has 2 amide bonds. The molecule has 8 heteroatoms. The van der Waals surface area contributed by atoms with Crippen LogP contribution < -0.4 is 19.7 Å². The number of carbonyl (C=O) groups excluding carboxylic acids is 3. The first-order valence-corrected chi connectivity index (χ1v) is 14.4. The Morgan fingerprint density at radius 3 is 2.33 bits per heavy atom. The second-order valence-electron chi connectivity index (χ2n) is 10.8. The maximum Gasteiger partial charge on any atom is 0.248 e. The number of hydrogen-bond acceptors (Lipinski definition) is 5. The van der Waals surface area contributed by atoms with Crippen LogP contribution in [0.25, 0.3) is 10.9 Å². The van der Waals surface area contributed by atoms with Crippen LogP contribution in [0.15, 0.2) is 72.9 Å². The maximum absolute atomic E-state index is 14.4. The fourth-order valence-corrected chi connectivity index (χ4v) is 5.79. The molecule has 1 aromatic heterocycles. The van der Waals surface area contributed by atoms with E-state index < -0.39 is 6.04 Å². The van der Waals surface area contributed by atoms with E-state index in [0.717, 1.165) is 48.6 Å². The largest absolute Gasteiger partial charge is 0.493 e. The molecule has 1 aliphatic rings. The summed E-state index contributed by atoms with van der Waals surface area (Å²) in [6, 6.07) is 19.0. The molecule has 0 radical (unpaired) electrons. The van der Waals surface area contributed by atoms with E-state index in [1.54, 1.807) is 61.6 Å². The van der Waals surface area contributed by atoms with Gasteiger partial charge in [0.15, 0.2) is 17.3 Å². The molecule has 1 unspecified atom stereocenters. The molecule has 2 N–H and O–H groups in total. The maximum atomic E-state index is 14.4. The van der Waals surface area contributed by atoms with Gasteiger partial charge in [-0.2, -0.15) is 0 Å². The van der Waals surface area contributed by atoms with Crippen molar-refractivity contribution in [3.63, 3.8) is 0 Å². The highest BCUT2D eigenvalue weighted by Gasteiger charge is 2.35. The van der Waals surface area contributed by atoms with Crippen LogP contribution in [0.5, 0.6) is 11.5 Å². The van der Waals surface area contributed by atoms with E-state index in [0.29, 0.717) is 28.3 Å². The van der Waals surface area contributed by atoms with Crippen molar-refractivity contribution in [2.24, 2.45) is 0 Å². The molecule has 1 saturated carbocycles. The third-order valence-corrected chi connectivity index (χ3v) is 8.02. The Balaban J connectivity index is 1.61. The number of ether oxygens (including phenoxy) is 2. The van der Waals surface area contributed by atoms with Crippen LogP contribution >= 0.6 is 0 Å². The number of methoxy groups -OCH3 is 2. The van der Waals surface area contributed by atoms with Crippen molar-refractivity contribution in [3.05, 3.63) is 89.6 Å². The number of hydrogen-bond donors (Lipinski definition) is 2. The summed E-state index contributed by atoms with van der Waals surface area (Å²) in [6.07, 6.45) is 6.99. The van der Waals surface area contributed by atoms with Gasteiger partial charge in [-0.25, -0.2) is 0 Å². The third-order valence-electron chi connectivity index (χ3n) is 8.02. The molecule has 1 atom stereocenters. The number of H-pyrrole nitrogens is 1. The van der Waals surface area contributed by atoms with Gasteiger partial charge in [-0.1, -0.05) is 43.5 Å². The second kappa shape index (κ2) is 12.9. The highest BCUT2D eigenvalue weighted by molar-refractivity contribution is 6.04. The minimum Gasteiger partial charge on any atom is -0.493 e. The van der Waals surface area contributed by atoms with Gasteiger partial charge in [0.25, 0.3) is 0 Å². The Bertz CT molecular complexity index is 1570. The number of aromatic nitrogens is 1. The number of Topliss-reactive ketones (excluding diaryl/α,β-unsaturated/α-hetero) is 1. The monoisotopic (exact) mass is 567 g/mol. The summed E-state index contributed by atoms with van der Waals surface area (Å²) in [4.78, 5) is 45.4. The lowest BCUT2D eigenvalue weighted by atomic mass is 9.94. The van der Waals surface area contributed by atoms with Crippen LogP contribution in [0.2, 0.25) is 0 Å². The normalized spacial score (nSPS) is 14.3. The molecule has 42 heavy (non-hydrogen) atoms. The number of para-hydroxylation sites is 1. The molecule has 0 saturated heterocycles. The van der Waals surface area contributed by atoms with Crippen LogP contribution in [0.4, 0.5) is 5.69 Å². The predicted octanol–water partition coefficient (Wildman–Crippen LogP) is 6.15. The van der Waals surface area contributed by atoms with E-state index in [2.05, 4.69) is 10.3 Å². The molecule has 0 bridgehead atoms. The molecule has 0 aliphatic heterocycles. The van der Waals surface area contributed by atoms with Gasteiger partial charge in [0.05, 0.1) is 20.6 Å². The number of fused-ring (bicyclic) bond motifs is 1. The first kappa shape index (κ1) is 28.9. The molecule has 5 rings (SSSR count). The lowest BCUT2D eigenvalue weighted by Crippen LogP contribution is -2.47. The molecular weight excluding hydrogens is 530 g/mol. The van der Waals surface area contributed by atoms with E-state index in [9.17, 15) is 14.4 Å². The second-order valence-corrected chi connectivity index (χ2v) is 10.8. The Kier molecular flexibility index (Phi) is 8.91. The van der Waals surface area contributed by atoms with Crippen molar-refractivity contribution in [2.45, 2.75) is 57.5 Å². The van der Waals surface area contributed by atoms with Gasteiger partial charge in [0, 0.05) is 34.4 Å². The fraction of sp³-hybridized carbons (Fsp3) is 0.324. The van der Waals surface area contributed by atoms with Crippen LogP contribution in [-0.4, -0.2) is 42.8 Å². The Morgan fingerprint density at radius 2 is 1.64 bits per heavy atom. The number of benzene rings is 3. The number of aromatic amines is 1. The van der Waals surface area contributed by atoms with Gasteiger partial charge in [0.1, 0.15) is 6.04 Å². The third kappa shape index (κ3) is 6.17. The predicted molar refractivity (Wildman–Crippen MR) is 163 cm³/mol. The highest BCUT2D eigenvalue weighted by atomic mass is 16.5. The van der Waals surface area contributed by atoms with Gasteiger partial charge in [-0.3, -0.25) is 19.3 Å². The van der Waals surface area contributed by atoms with E-state index >= 15 is 0 Å². The first-order valence-electron chi connectivity index (χ1n) is 14.4. The smallest absolute Gasteiger partial charge is 0.248 e. The Hall–Kier alpha value is -4.59. The summed E-state index contributed by atoms with van der Waals surface area (Å²) in [5, 5.41) is 4.19. The van der Waals surface area contributed by atoms with E-state index in [1.807, 2.05) is 30.5 Å². The highest BCUT2D eigenvalue weighted by Crippen LogP contribution is 2.36. The van der Waals surface area contributed by atoms with E-state index in [4.69, 9.17) is 9.47 Å². The summed E-state index contributed by atoms with van der Waals surface area (Å²) < 4.78 is 11.0. The van der Waals surface area contributed by atoms with Crippen molar-refractivity contribution in [3.8, 4) is 11.5 Å². The summed E-state index contributed by atoms with van der Waals surface area (Å²) in [6.45, 7) is 1.50. The lowest BCUT2D eigenvalue weighted by molar-refractivity contribution is -0.127. The zero-order valence-corrected chi connectivity index (χ0v) is 24.3. The number of carbonyl (C=O) groups is 3. The first-order chi connectivity index (χ1) is 20.4. The standard InChI is InChI=1S/C34H37N3O5/c1-22(38)23-13-16-27(17-14-23)37(32(39)20-25-21-35-29-12-8-7-11-28(25)29)33(34(40)36-26-9-5-4-6-10-26)24-15-18-30(41-2)31(19-24)42-3/h7-8,11-19,21,26,33,35H,4-6,9-10,20H2,1-3H3,(H,36,40). The van der Waals surface area contributed by atoms with Crippen molar-refractivity contribution >= 4 is 34.2 Å². The van der Waals surface area contributed by atoms with E-state index in [1.165, 1.54) is 6.92 Å². The van der Waals surface area contributed by atoms with Crippen molar-refractivity contribution < 1.29 is 23.9 Å². The minimum atomic E-state index is -0.993. The number of nitrogens with one attached hydrogen (secondary N) is 2. The van der Waals surface area contributed by atoms with Crippen molar-refractivity contribution in [2.75, 3.05) is 19.1 Å². The summed E-state index contributed by atoms with van der Waals surface area (Å²) in [5.74, 6) is 0.382. The molecular formula is C34H37N3O5. The summed E-state index contributed by atoms with van der Waals surface area (Å²) >= 11 is 0. The molecule has 1 aliphatic carbocycles. The Morgan fingerprint density at radius 1 is 0.929 bits per heavy atom. The number of rotatable bonds is 10. The van der Waals surface area contributed by atoms with Crippen LogP contribution in [0.3, 0.4) is 0 Å². The molecule has 218 valence electrons. The average Bonchev–Trinajstić information content (AvgIpc) is 3.42. The molecule has 8 nitrogen and oxygen atoms in total. The van der Waals surface area contributed by atoms with Crippen molar-refractivity contribution in [1.82, 2.24) is 10.3 Å². The van der Waals surface area contributed by atoms with Crippen molar-refractivity contribution in [1.29, 1.82) is 0 Å². The van der Waals surface area contributed by atoms with Crippen LogP contribution in [0, 0.1) is 0 Å². The fourth-order valence-electron chi connectivity index (χ4n) is 5.79.